The maximum atomic E-state index is 13.4. The number of hydrogen-bond donors (Lipinski definition) is 2. The zero-order valence-corrected chi connectivity index (χ0v) is 24.5. The topological polar surface area (TPSA) is 128 Å². The van der Waals surface area contributed by atoms with Gasteiger partial charge in [-0.2, -0.15) is 0 Å². The molecule has 0 fully saturated rings. The van der Waals surface area contributed by atoms with Crippen molar-refractivity contribution in [3.05, 3.63) is 76.5 Å². The maximum absolute atomic E-state index is 13.4. The van der Waals surface area contributed by atoms with Gasteiger partial charge in [0.1, 0.15) is 19.0 Å². The van der Waals surface area contributed by atoms with E-state index in [0.717, 1.165) is 21.2 Å². The molecule has 0 spiro atoms. The lowest BCUT2D eigenvalue weighted by Gasteiger charge is -2.22. The highest BCUT2D eigenvalue weighted by Crippen LogP contribution is 2.38. The van der Waals surface area contributed by atoms with Crippen LogP contribution in [-0.4, -0.2) is 53.1 Å². The number of ether oxygens (including phenoxy) is 2. The normalized spacial score (nSPS) is 11.8. The summed E-state index contributed by atoms with van der Waals surface area (Å²) in [4.78, 5) is 8.21. The van der Waals surface area contributed by atoms with E-state index in [1.165, 1.54) is 16.8 Å². The third-order valence-corrected chi connectivity index (χ3v) is 7.84. The summed E-state index contributed by atoms with van der Waals surface area (Å²) in [6.07, 6.45) is 3.16. The van der Waals surface area contributed by atoms with Crippen LogP contribution in [0.15, 0.2) is 70.3 Å². The van der Waals surface area contributed by atoms with Crippen molar-refractivity contribution in [3.8, 4) is 23.0 Å². The Hall–Kier alpha value is -3.48. The molecule has 12 heteroatoms. The molecule has 4 rings (SSSR count). The minimum atomic E-state index is -3.97. The van der Waals surface area contributed by atoms with Crippen LogP contribution in [0, 0.1) is 6.92 Å². The second kappa shape index (κ2) is 11.7. The molecule has 0 saturated carbocycles. The van der Waals surface area contributed by atoms with Crippen LogP contribution in [0.4, 0.5) is 5.82 Å². The smallest absolute Gasteiger partial charge is 0.316 e. The number of anilines is 1. The summed E-state index contributed by atoms with van der Waals surface area (Å²) in [5, 5.41) is 14.1. The van der Waals surface area contributed by atoms with E-state index in [1.807, 2.05) is 45.0 Å². The van der Waals surface area contributed by atoms with Gasteiger partial charge in [0.2, 0.25) is 5.88 Å². The summed E-state index contributed by atoms with van der Waals surface area (Å²) in [5.41, 5.74) is 2.63. The Balaban J connectivity index is 1.60. The number of nitrogens with zero attached hydrogens (tertiary/aromatic N) is 4. The first-order chi connectivity index (χ1) is 18.5. The Morgan fingerprint density at radius 3 is 2.23 bits per heavy atom. The Bertz CT molecular complexity index is 1520. The molecule has 0 unspecified atom stereocenters. The van der Waals surface area contributed by atoms with Gasteiger partial charge in [-0.15, -0.1) is 5.10 Å². The van der Waals surface area contributed by atoms with E-state index in [4.69, 9.17) is 9.47 Å². The molecule has 0 atom stereocenters. The molecule has 39 heavy (non-hydrogen) atoms. The zero-order chi connectivity index (χ0) is 28.2. The summed E-state index contributed by atoms with van der Waals surface area (Å²) < 4.78 is 43.1. The highest BCUT2D eigenvalue weighted by molar-refractivity contribution is 9.10. The third kappa shape index (κ3) is 6.75. The van der Waals surface area contributed by atoms with Crippen LogP contribution in [0.3, 0.4) is 0 Å². The number of hydrogen-bond acceptors (Lipinski definition) is 8. The number of aliphatic hydroxyl groups is 1. The molecule has 206 valence electrons. The fraction of sp³-hybridized carbons (Fsp3) is 0.296. The van der Waals surface area contributed by atoms with E-state index >= 15 is 0 Å². The molecule has 10 nitrogen and oxygen atoms in total. The first-order valence-electron chi connectivity index (χ1n) is 12.1. The van der Waals surface area contributed by atoms with E-state index in [2.05, 4.69) is 35.7 Å². The van der Waals surface area contributed by atoms with Crippen LogP contribution in [0.25, 0.3) is 11.1 Å². The molecule has 0 radical (unpaired) electrons. The number of halogens is 1. The van der Waals surface area contributed by atoms with Gasteiger partial charge >= 0.3 is 6.01 Å². The Morgan fingerprint density at radius 1 is 1.00 bits per heavy atom. The molecule has 0 bridgehead atoms. The molecule has 0 aliphatic rings. The minimum Gasteiger partial charge on any atom is -0.472 e. The predicted octanol–water partition coefficient (Wildman–Crippen LogP) is 4.48. The van der Waals surface area contributed by atoms with Crippen LogP contribution in [0.1, 0.15) is 25.0 Å². The number of rotatable bonds is 11. The van der Waals surface area contributed by atoms with Crippen LogP contribution >= 0.6 is 15.9 Å². The molecule has 0 aliphatic carbocycles. The summed E-state index contributed by atoms with van der Waals surface area (Å²) in [6.45, 7) is 5.97. The summed E-state index contributed by atoms with van der Waals surface area (Å²) in [5.74, 6) is 0.505. The van der Waals surface area contributed by atoms with Crippen molar-refractivity contribution in [2.24, 2.45) is 7.05 Å². The van der Waals surface area contributed by atoms with Crippen molar-refractivity contribution < 1.29 is 23.0 Å². The number of benzene rings is 2. The van der Waals surface area contributed by atoms with E-state index in [1.54, 1.807) is 31.6 Å². The van der Waals surface area contributed by atoms with E-state index in [0.29, 0.717) is 5.56 Å². The van der Waals surface area contributed by atoms with Gasteiger partial charge in [0.05, 0.1) is 21.5 Å². The SMILES string of the molecule is Cc1ccc(-c2c(OCCOc3ncc(Br)cn3)nn(C)c2NS(=O)(=O)c2ccc(C(C)(C)CO)cc2)cc1. The standard InChI is InChI=1S/C27H30BrN5O5S/c1-18-5-7-19(8-6-18)23-24(32-39(35,36)22-11-9-20(10-12-22)27(2,3)17-34)33(4)31-25(23)37-13-14-38-26-29-15-21(28)16-30-26/h5-12,15-16,32,34H,13-14,17H2,1-4H3. The van der Waals surface area contributed by atoms with Gasteiger partial charge in [-0.25, -0.2) is 23.1 Å². The minimum absolute atomic E-state index is 0.0593. The molecule has 2 aromatic heterocycles. The van der Waals surface area contributed by atoms with Gasteiger partial charge in [0.15, 0.2) is 0 Å². The molecule has 2 aromatic carbocycles. The molecular formula is C27H30BrN5O5S. The first kappa shape index (κ1) is 28.5. The maximum Gasteiger partial charge on any atom is 0.316 e. The van der Waals surface area contributed by atoms with Crippen LogP contribution in [0.5, 0.6) is 11.9 Å². The molecule has 0 saturated heterocycles. The fourth-order valence-electron chi connectivity index (χ4n) is 3.71. The molecule has 0 amide bonds. The summed E-state index contributed by atoms with van der Waals surface area (Å²) in [6, 6.07) is 14.3. The average Bonchev–Trinajstić information content (AvgIpc) is 3.22. The Kier molecular flexibility index (Phi) is 8.57. The fourth-order valence-corrected chi connectivity index (χ4v) is 5.01. The van der Waals surface area contributed by atoms with Crippen molar-refractivity contribution in [2.45, 2.75) is 31.1 Å². The summed E-state index contributed by atoms with van der Waals surface area (Å²) >= 11 is 3.28. The lowest BCUT2D eigenvalue weighted by atomic mass is 9.86. The quantitative estimate of drug-likeness (QED) is 0.236. The number of aryl methyl sites for hydroxylation is 2. The second-order valence-corrected chi connectivity index (χ2v) is 12.2. The van der Waals surface area contributed by atoms with Gasteiger partial charge < -0.3 is 14.6 Å². The molecule has 4 aromatic rings. The van der Waals surface area contributed by atoms with Gasteiger partial charge in [-0.1, -0.05) is 55.8 Å². The average molecular weight is 617 g/mol. The van der Waals surface area contributed by atoms with Gasteiger partial charge in [0.25, 0.3) is 10.0 Å². The van der Waals surface area contributed by atoms with E-state index in [-0.39, 0.29) is 42.4 Å². The molecular weight excluding hydrogens is 586 g/mol. The number of aromatic nitrogens is 4. The van der Waals surface area contributed by atoms with Crippen LogP contribution < -0.4 is 14.2 Å². The van der Waals surface area contributed by atoms with Crippen molar-refractivity contribution in [2.75, 3.05) is 24.5 Å². The van der Waals surface area contributed by atoms with Crippen molar-refractivity contribution in [1.29, 1.82) is 0 Å². The van der Waals surface area contributed by atoms with Crippen molar-refractivity contribution in [3.63, 3.8) is 0 Å². The van der Waals surface area contributed by atoms with Crippen LogP contribution in [-0.2, 0) is 22.5 Å². The number of sulfonamides is 1. The van der Waals surface area contributed by atoms with E-state index in [9.17, 15) is 13.5 Å². The van der Waals surface area contributed by atoms with Crippen LogP contribution in [0.2, 0.25) is 0 Å². The summed E-state index contributed by atoms with van der Waals surface area (Å²) in [7, 11) is -2.33. The Morgan fingerprint density at radius 2 is 1.62 bits per heavy atom. The van der Waals surface area contributed by atoms with Gasteiger partial charge in [0, 0.05) is 24.9 Å². The van der Waals surface area contributed by atoms with Crippen molar-refractivity contribution >= 4 is 31.8 Å². The lowest BCUT2D eigenvalue weighted by Crippen LogP contribution is -2.22. The lowest BCUT2D eigenvalue weighted by molar-refractivity contribution is 0.201. The largest absolute Gasteiger partial charge is 0.472 e. The Labute approximate surface area is 236 Å². The number of nitrogens with one attached hydrogen (secondary N) is 1. The van der Waals surface area contributed by atoms with Gasteiger partial charge in [-0.3, -0.25) is 4.72 Å². The molecule has 2 N–H and O–H groups in total. The second-order valence-electron chi connectivity index (χ2n) is 9.57. The highest BCUT2D eigenvalue weighted by atomic mass is 79.9. The predicted molar refractivity (Wildman–Crippen MR) is 151 cm³/mol. The van der Waals surface area contributed by atoms with Gasteiger partial charge in [-0.05, 0) is 46.1 Å². The third-order valence-electron chi connectivity index (χ3n) is 6.08. The molecule has 2 heterocycles. The monoisotopic (exact) mass is 615 g/mol. The molecule has 0 aliphatic heterocycles. The highest BCUT2D eigenvalue weighted by Gasteiger charge is 2.26. The first-order valence-corrected chi connectivity index (χ1v) is 14.4. The van der Waals surface area contributed by atoms with Crippen molar-refractivity contribution in [1.82, 2.24) is 19.7 Å². The van der Waals surface area contributed by atoms with E-state index < -0.39 is 15.4 Å². The number of aliphatic hydroxyl groups excluding tert-OH is 1. The zero-order valence-electron chi connectivity index (χ0n) is 22.1.